The monoisotopic (exact) mass is 276 g/mol. The van der Waals surface area contributed by atoms with Crippen LogP contribution >= 0.6 is 0 Å². The lowest BCUT2D eigenvalue weighted by molar-refractivity contribution is 0.435. The summed E-state index contributed by atoms with van der Waals surface area (Å²) in [6.45, 7) is 6.78. The lowest BCUT2D eigenvalue weighted by Gasteiger charge is -2.16. The summed E-state index contributed by atoms with van der Waals surface area (Å²) in [6, 6.07) is 0.110. The Labute approximate surface area is 119 Å². The smallest absolute Gasteiger partial charge is 0.214 e. The lowest BCUT2D eigenvalue weighted by Crippen LogP contribution is -2.50. The standard InChI is InChI=1S/C15H24N4O/c1-4-9-19-12-8-6-5-7-11(12)18-13(14(19)16)15(20)17-10(2)3/h8,10,16-17,20H,4-7,9H2,1-3H3/b15-13+,16-14?. The fourth-order valence-electron chi connectivity index (χ4n) is 2.53. The molecule has 0 bridgehead atoms. The minimum absolute atomic E-state index is 0.00299. The van der Waals surface area contributed by atoms with Gasteiger partial charge in [-0.1, -0.05) is 13.0 Å². The van der Waals surface area contributed by atoms with Gasteiger partial charge in [0.05, 0.1) is 11.0 Å². The molecule has 0 spiro atoms. The van der Waals surface area contributed by atoms with Crippen LogP contribution in [0.5, 0.6) is 0 Å². The SMILES string of the molecule is CCCn1c2c(n/c(=C(/O)NC(C)C)c1=N)CCCC=2. The lowest BCUT2D eigenvalue weighted by atomic mass is 10.1. The molecule has 110 valence electrons. The molecule has 0 saturated heterocycles. The Morgan fingerprint density at radius 3 is 2.95 bits per heavy atom. The maximum absolute atomic E-state index is 10.2. The van der Waals surface area contributed by atoms with E-state index in [-0.39, 0.29) is 17.4 Å². The number of aliphatic hydroxyl groups is 1. The Bertz CT molecular complexity index is 658. The van der Waals surface area contributed by atoms with Crippen LogP contribution in [0.2, 0.25) is 0 Å². The van der Waals surface area contributed by atoms with Crippen LogP contribution in [0.4, 0.5) is 0 Å². The predicted octanol–water partition coefficient (Wildman–Crippen LogP) is 0.511. The normalized spacial score (nSPS) is 15.6. The third-order valence-corrected chi connectivity index (χ3v) is 3.38. The molecule has 1 aliphatic rings. The second-order valence-electron chi connectivity index (χ2n) is 5.54. The van der Waals surface area contributed by atoms with Gasteiger partial charge in [0.25, 0.3) is 0 Å². The van der Waals surface area contributed by atoms with Crippen LogP contribution in [-0.4, -0.2) is 20.7 Å². The molecule has 0 atom stereocenters. The molecule has 5 heteroatoms. The van der Waals surface area contributed by atoms with Gasteiger partial charge >= 0.3 is 0 Å². The summed E-state index contributed by atoms with van der Waals surface area (Å²) in [5.41, 5.74) is 1.28. The quantitative estimate of drug-likeness (QED) is 0.750. The second-order valence-corrected chi connectivity index (χ2v) is 5.54. The first-order chi connectivity index (χ1) is 9.54. The van der Waals surface area contributed by atoms with E-state index in [1.165, 1.54) is 0 Å². The molecule has 1 aromatic heterocycles. The van der Waals surface area contributed by atoms with Gasteiger partial charge in [0.15, 0.2) is 10.8 Å². The Kier molecular flexibility index (Phi) is 4.47. The highest BCUT2D eigenvalue weighted by Gasteiger charge is 2.11. The molecule has 1 aliphatic carbocycles. The molecule has 0 aromatic carbocycles. The van der Waals surface area contributed by atoms with Crippen molar-refractivity contribution in [2.24, 2.45) is 0 Å². The first-order valence-electron chi connectivity index (χ1n) is 7.39. The van der Waals surface area contributed by atoms with Gasteiger partial charge in [0, 0.05) is 12.6 Å². The molecule has 0 saturated carbocycles. The summed E-state index contributed by atoms with van der Waals surface area (Å²) in [4.78, 5) is 4.52. The van der Waals surface area contributed by atoms with Crippen LogP contribution in [0, 0.1) is 5.41 Å². The van der Waals surface area contributed by atoms with E-state index in [1.54, 1.807) is 0 Å². The Morgan fingerprint density at radius 1 is 1.55 bits per heavy atom. The number of nitrogens with one attached hydrogen (secondary N) is 2. The van der Waals surface area contributed by atoms with Crippen LogP contribution in [-0.2, 0) is 13.0 Å². The van der Waals surface area contributed by atoms with Crippen molar-refractivity contribution in [1.29, 1.82) is 5.41 Å². The van der Waals surface area contributed by atoms with E-state index < -0.39 is 0 Å². The minimum Gasteiger partial charge on any atom is -0.493 e. The molecule has 0 unspecified atom stereocenters. The van der Waals surface area contributed by atoms with E-state index in [0.29, 0.717) is 5.35 Å². The third-order valence-electron chi connectivity index (χ3n) is 3.38. The molecule has 0 radical (unpaired) electrons. The van der Waals surface area contributed by atoms with Crippen molar-refractivity contribution >= 4 is 12.0 Å². The van der Waals surface area contributed by atoms with Crippen molar-refractivity contribution in [3.05, 3.63) is 21.9 Å². The first kappa shape index (κ1) is 14.6. The first-order valence-corrected chi connectivity index (χ1v) is 7.39. The largest absolute Gasteiger partial charge is 0.493 e. The van der Waals surface area contributed by atoms with E-state index in [1.807, 2.05) is 18.4 Å². The molecule has 0 fully saturated rings. The molecule has 3 N–H and O–H groups in total. The summed E-state index contributed by atoms with van der Waals surface area (Å²) in [5, 5.41) is 22.9. The number of nitrogens with zero attached hydrogens (tertiary/aromatic N) is 2. The highest BCUT2D eigenvalue weighted by atomic mass is 16.3. The topological polar surface area (TPSA) is 73.9 Å². The zero-order valence-electron chi connectivity index (χ0n) is 12.5. The Morgan fingerprint density at radius 2 is 2.30 bits per heavy atom. The van der Waals surface area contributed by atoms with E-state index in [0.717, 1.165) is 43.3 Å². The fraction of sp³-hybridized carbons (Fsp3) is 0.600. The summed E-state index contributed by atoms with van der Waals surface area (Å²) in [5.74, 6) is 0.00299. The molecule has 1 heterocycles. The minimum atomic E-state index is 0.00299. The van der Waals surface area contributed by atoms with Gasteiger partial charge in [-0.25, -0.2) is 4.98 Å². The van der Waals surface area contributed by atoms with Gasteiger partial charge in [-0.15, -0.1) is 0 Å². The molecule has 20 heavy (non-hydrogen) atoms. The highest BCUT2D eigenvalue weighted by Crippen LogP contribution is 2.02. The summed E-state index contributed by atoms with van der Waals surface area (Å²) in [7, 11) is 0. The number of rotatable bonds is 4. The van der Waals surface area contributed by atoms with Gasteiger partial charge in [-0.2, -0.15) is 0 Å². The van der Waals surface area contributed by atoms with Gasteiger partial charge in [-0.05, 0) is 39.5 Å². The van der Waals surface area contributed by atoms with Crippen LogP contribution in [0.1, 0.15) is 45.7 Å². The number of hydrogen-bond donors (Lipinski definition) is 3. The number of aromatic nitrogens is 2. The summed E-state index contributed by atoms with van der Waals surface area (Å²) < 4.78 is 1.97. The zero-order valence-corrected chi connectivity index (χ0v) is 12.5. The van der Waals surface area contributed by atoms with Gasteiger partial charge < -0.3 is 15.0 Å². The van der Waals surface area contributed by atoms with Crippen LogP contribution in [0.25, 0.3) is 12.0 Å². The average Bonchev–Trinajstić information content (AvgIpc) is 2.41. The number of aryl methyl sites for hydroxylation is 1. The van der Waals surface area contributed by atoms with Gasteiger partial charge in [-0.3, -0.25) is 5.41 Å². The fourth-order valence-corrected chi connectivity index (χ4v) is 2.53. The summed E-state index contributed by atoms with van der Waals surface area (Å²) >= 11 is 0. The van der Waals surface area contributed by atoms with E-state index in [4.69, 9.17) is 5.41 Å². The van der Waals surface area contributed by atoms with E-state index in [2.05, 4.69) is 23.3 Å². The predicted molar refractivity (Wildman–Crippen MR) is 79.3 cm³/mol. The van der Waals surface area contributed by atoms with E-state index in [9.17, 15) is 5.11 Å². The third kappa shape index (κ3) is 2.86. The average molecular weight is 276 g/mol. The van der Waals surface area contributed by atoms with Crippen molar-refractivity contribution in [3.8, 4) is 0 Å². The van der Waals surface area contributed by atoms with Crippen molar-refractivity contribution in [2.75, 3.05) is 0 Å². The van der Waals surface area contributed by atoms with Crippen molar-refractivity contribution < 1.29 is 5.11 Å². The second kappa shape index (κ2) is 6.11. The van der Waals surface area contributed by atoms with Gasteiger partial charge in [0.1, 0.15) is 0 Å². The van der Waals surface area contributed by atoms with E-state index >= 15 is 0 Å². The molecule has 0 amide bonds. The highest BCUT2D eigenvalue weighted by molar-refractivity contribution is 5.31. The van der Waals surface area contributed by atoms with Crippen molar-refractivity contribution in [3.63, 3.8) is 0 Å². The molecular weight excluding hydrogens is 252 g/mol. The molecule has 5 nitrogen and oxygen atoms in total. The number of hydrogen-bond acceptors (Lipinski definition) is 4. The van der Waals surface area contributed by atoms with Crippen molar-refractivity contribution in [2.45, 2.75) is 59.0 Å². The molecule has 0 aliphatic heterocycles. The van der Waals surface area contributed by atoms with Crippen LogP contribution in [0.15, 0.2) is 0 Å². The molecule has 1 aromatic rings. The zero-order chi connectivity index (χ0) is 14.7. The summed E-state index contributed by atoms with van der Waals surface area (Å²) in [6.07, 6.45) is 6.16. The maximum Gasteiger partial charge on any atom is 0.214 e. The number of aliphatic hydroxyl groups excluding tert-OH is 1. The van der Waals surface area contributed by atoms with Gasteiger partial charge in [0.2, 0.25) is 5.88 Å². The van der Waals surface area contributed by atoms with Crippen LogP contribution < -0.4 is 21.5 Å². The molecular formula is C15H24N4O. The molecule has 2 rings (SSSR count). The van der Waals surface area contributed by atoms with Crippen molar-refractivity contribution in [1.82, 2.24) is 14.9 Å². The number of fused-ring (bicyclic) bond motifs is 1. The Balaban J connectivity index is 2.73. The van der Waals surface area contributed by atoms with Crippen LogP contribution in [0.3, 0.4) is 0 Å². The maximum atomic E-state index is 10.2. The Hall–Kier alpha value is -1.78.